The minimum Gasteiger partial charge on any atom is -0.342 e. The van der Waals surface area contributed by atoms with Crippen LogP contribution in [0.25, 0.3) is 0 Å². The third-order valence-corrected chi connectivity index (χ3v) is 4.60. The molecule has 0 aromatic heterocycles. The maximum atomic E-state index is 13.1. The van der Waals surface area contributed by atoms with E-state index in [1.165, 1.54) is 17.8 Å². The lowest BCUT2D eigenvalue weighted by molar-refractivity contribution is -0.130. The third kappa shape index (κ3) is 4.68. The number of amides is 1. The van der Waals surface area contributed by atoms with Crippen LogP contribution in [0.4, 0.5) is 8.78 Å². The predicted octanol–water partition coefficient (Wildman–Crippen LogP) is 2.51. The number of hydrogen-bond donors (Lipinski definition) is 1. The molecular weight excluding hydrogens is 294 g/mol. The van der Waals surface area contributed by atoms with Gasteiger partial charge in [0.2, 0.25) is 5.91 Å². The number of nitrogens with zero attached hydrogens (tertiary/aromatic N) is 1. The van der Waals surface area contributed by atoms with Gasteiger partial charge < -0.3 is 10.2 Å². The highest BCUT2D eigenvalue weighted by molar-refractivity contribution is 8.00. The lowest BCUT2D eigenvalue weighted by atomic mass is 9.98. The molecule has 1 heterocycles. The zero-order valence-electron chi connectivity index (χ0n) is 12.1. The highest BCUT2D eigenvalue weighted by Crippen LogP contribution is 2.22. The molecule has 1 fully saturated rings. The van der Waals surface area contributed by atoms with Gasteiger partial charge in [-0.1, -0.05) is 0 Å². The van der Waals surface area contributed by atoms with Crippen molar-refractivity contribution in [1.29, 1.82) is 0 Å². The maximum Gasteiger partial charge on any atom is 0.232 e. The zero-order valence-corrected chi connectivity index (χ0v) is 12.9. The fourth-order valence-corrected chi connectivity index (χ4v) is 3.37. The number of halogens is 2. The number of thioether (sulfide) groups is 1. The number of nitrogens with one attached hydrogen (secondary N) is 1. The molecule has 1 aliphatic rings. The van der Waals surface area contributed by atoms with Gasteiger partial charge in [0.1, 0.15) is 0 Å². The topological polar surface area (TPSA) is 32.3 Å². The van der Waals surface area contributed by atoms with Crippen molar-refractivity contribution in [2.45, 2.75) is 17.7 Å². The van der Waals surface area contributed by atoms with Crippen LogP contribution in [0.1, 0.15) is 12.8 Å². The van der Waals surface area contributed by atoms with Crippen LogP contribution in [0.5, 0.6) is 0 Å². The number of carbonyl (C=O) groups excluding carboxylic acids is 1. The van der Waals surface area contributed by atoms with Crippen LogP contribution in [0, 0.1) is 17.6 Å². The van der Waals surface area contributed by atoms with Gasteiger partial charge >= 0.3 is 0 Å². The van der Waals surface area contributed by atoms with E-state index in [-0.39, 0.29) is 11.7 Å². The quantitative estimate of drug-likeness (QED) is 0.848. The zero-order chi connectivity index (χ0) is 15.2. The largest absolute Gasteiger partial charge is 0.342 e. The Balaban J connectivity index is 1.84. The van der Waals surface area contributed by atoms with Gasteiger partial charge in [0.05, 0.1) is 5.75 Å². The van der Waals surface area contributed by atoms with Gasteiger partial charge in [-0.3, -0.25) is 4.79 Å². The molecule has 1 aliphatic heterocycles. The Morgan fingerprint density at radius 1 is 1.43 bits per heavy atom. The Hall–Kier alpha value is -1.14. The molecule has 21 heavy (non-hydrogen) atoms. The van der Waals surface area contributed by atoms with Gasteiger partial charge in [-0.25, -0.2) is 8.78 Å². The van der Waals surface area contributed by atoms with Gasteiger partial charge in [-0.15, -0.1) is 11.8 Å². The predicted molar refractivity (Wildman–Crippen MR) is 80.3 cm³/mol. The minimum absolute atomic E-state index is 0.0607. The summed E-state index contributed by atoms with van der Waals surface area (Å²) in [6.07, 6.45) is 2.16. The van der Waals surface area contributed by atoms with E-state index >= 15 is 0 Å². The molecule has 1 unspecified atom stereocenters. The first-order valence-corrected chi connectivity index (χ1v) is 8.09. The number of carbonyl (C=O) groups is 1. The van der Waals surface area contributed by atoms with Crippen LogP contribution in [-0.2, 0) is 4.79 Å². The second-order valence-electron chi connectivity index (χ2n) is 5.27. The molecule has 1 N–H and O–H groups in total. The van der Waals surface area contributed by atoms with Crippen LogP contribution < -0.4 is 5.32 Å². The second-order valence-corrected chi connectivity index (χ2v) is 6.32. The molecule has 0 radical (unpaired) electrons. The highest BCUT2D eigenvalue weighted by Gasteiger charge is 2.23. The summed E-state index contributed by atoms with van der Waals surface area (Å²) in [4.78, 5) is 14.6. The minimum atomic E-state index is -0.875. The van der Waals surface area contributed by atoms with Crippen LogP contribution in [-0.4, -0.2) is 43.2 Å². The first-order valence-electron chi connectivity index (χ1n) is 7.10. The van der Waals surface area contributed by atoms with Gasteiger partial charge in [-0.2, -0.15) is 0 Å². The van der Waals surface area contributed by atoms with Crippen molar-refractivity contribution in [3.8, 4) is 0 Å². The van der Waals surface area contributed by atoms with Crippen LogP contribution in [0.15, 0.2) is 23.1 Å². The second kappa shape index (κ2) is 7.75. The smallest absolute Gasteiger partial charge is 0.232 e. The van der Waals surface area contributed by atoms with Crippen molar-refractivity contribution < 1.29 is 13.6 Å². The summed E-state index contributed by atoms with van der Waals surface area (Å²) >= 11 is 1.25. The van der Waals surface area contributed by atoms with Gasteiger partial charge in [-0.05, 0) is 50.6 Å². The molecule has 116 valence electrons. The first-order chi connectivity index (χ1) is 10.1. The van der Waals surface area contributed by atoms with E-state index in [4.69, 9.17) is 0 Å². The Morgan fingerprint density at radius 3 is 2.95 bits per heavy atom. The van der Waals surface area contributed by atoms with Crippen LogP contribution in [0.3, 0.4) is 0 Å². The molecule has 0 bridgehead atoms. The van der Waals surface area contributed by atoms with E-state index in [1.807, 2.05) is 11.9 Å². The Morgan fingerprint density at radius 2 is 2.24 bits per heavy atom. The number of rotatable bonds is 5. The summed E-state index contributed by atoms with van der Waals surface area (Å²) in [5.41, 5.74) is 0. The van der Waals surface area contributed by atoms with Crippen molar-refractivity contribution in [2.75, 3.05) is 32.4 Å². The first kappa shape index (κ1) is 16.2. The van der Waals surface area contributed by atoms with E-state index in [0.717, 1.165) is 44.6 Å². The van der Waals surface area contributed by atoms with Crippen molar-refractivity contribution in [3.05, 3.63) is 29.8 Å². The van der Waals surface area contributed by atoms with Crippen LogP contribution in [0.2, 0.25) is 0 Å². The van der Waals surface area contributed by atoms with E-state index in [9.17, 15) is 13.6 Å². The number of benzene rings is 1. The van der Waals surface area contributed by atoms with E-state index in [2.05, 4.69) is 5.32 Å². The van der Waals surface area contributed by atoms with Crippen molar-refractivity contribution >= 4 is 17.7 Å². The molecule has 1 amide bonds. The average molecular weight is 314 g/mol. The van der Waals surface area contributed by atoms with E-state index < -0.39 is 11.6 Å². The molecule has 1 aromatic carbocycles. The molecule has 1 aromatic rings. The molecular formula is C15H20F2N2OS. The summed E-state index contributed by atoms with van der Waals surface area (Å²) in [5.74, 6) is -0.917. The summed E-state index contributed by atoms with van der Waals surface area (Å²) in [7, 11) is 1.92. The fraction of sp³-hybridized carbons (Fsp3) is 0.533. The average Bonchev–Trinajstić information content (AvgIpc) is 2.49. The number of piperidine rings is 1. The number of hydrogen-bond acceptors (Lipinski definition) is 3. The third-order valence-electron chi connectivity index (χ3n) is 3.62. The molecule has 1 atom stereocenters. The standard InChI is InChI=1S/C15H20F2N2OS/c1-18-8-11-3-2-6-19(9-11)15(20)10-21-12-4-5-13(16)14(17)7-12/h4-5,7,11,18H,2-3,6,8-10H2,1H3. The lowest BCUT2D eigenvalue weighted by Gasteiger charge is -2.32. The summed E-state index contributed by atoms with van der Waals surface area (Å²) in [5, 5.41) is 3.15. The monoisotopic (exact) mass is 314 g/mol. The summed E-state index contributed by atoms with van der Waals surface area (Å²) < 4.78 is 25.9. The Kier molecular flexibility index (Phi) is 5.99. The normalized spacial score (nSPS) is 18.8. The Bertz CT molecular complexity index is 497. The van der Waals surface area contributed by atoms with Gasteiger partial charge in [0, 0.05) is 18.0 Å². The summed E-state index contributed by atoms with van der Waals surface area (Å²) in [6.45, 7) is 2.48. The lowest BCUT2D eigenvalue weighted by Crippen LogP contribution is -2.43. The molecule has 0 aliphatic carbocycles. The molecule has 0 spiro atoms. The number of likely N-dealkylation sites (tertiary alicyclic amines) is 1. The molecule has 3 nitrogen and oxygen atoms in total. The summed E-state index contributed by atoms with van der Waals surface area (Å²) in [6, 6.07) is 3.72. The van der Waals surface area contributed by atoms with Crippen molar-refractivity contribution in [1.82, 2.24) is 10.2 Å². The van der Waals surface area contributed by atoms with Gasteiger partial charge in [0.25, 0.3) is 0 Å². The molecule has 1 saturated heterocycles. The van der Waals surface area contributed by atoms with Crippen molar-refractivity contribution in [3.63, 3.8) is 0 Å². The Labute approximate surface area is 128 Å². The highest BCUT2D eigenvalue weighted by atomic mass is 32.2. The van der Waals surface area contributed by atoms with E-state index in [1.54, 1.807) is 0 Å². The van der Waals surface area contributed by atoms with Crippen molar-refractivity contribution in [2.24, 2.45) is 5.92 Å². The molecule has 2 rings (SSSR count). The maximum absolute atomic E-state index is 13.1. The molecule has 0 saturated carbocycles. The SMILES string of the molecule is CNCC1CCCN(C(=O)CSc2ccc(F)c(F)c2)C1. The van der Waals surface area contributed by atoms with Gasteiger partial charge in [0.15, 0.2) is 11.6 Å². The molecule has 6 heteroatoms. The van der Waals surface area contributed by atoms with Crippen LogP contribution >= 0.6 is 11.8 Å². The fourth-order valence-electron chi connectivity index (χ4n) is 2.55. The van der Waals surface area contributed by atoms with E-state index in [0.29, 0.717) is 10.8 Å².